The summed E-state index contributed by atoms with van der Waals surface area (Å²) in [7, 11) is 0. The van der Waals surface area contributed by atoms with Gasteiger partial charge in [0.25, 0.3) is 5.91 Å². The van der Waals surface area contributed by atoms with Crippen molar-refractivity contribution in [2.24, 2.45) is 0 Å². The molecule has 3 aliphatic rings. The highest BCUT2D eigenvalue weighted by Crippen LogP contribution is 2.45. The zero-order valence-electron chi connectivity index (χ0n) is 19.4. The second kappa shape index (κ2) is 9.24. The van der Waals surface area contributed by atoms with E-state index in [0.717, 1.165) is 43.9 Å². The maximum absolute atomic E-state index is 13.6. The van der Waals surface area contributed by atoms with E-state index in [2.05, 4.69) is 27.0 Å². The number of carbonyl (C=O) groups is 1. The van der Waals surface area contributed by atoms with Crippen LogP contribution in [0, 0.1) is 5.82 Å². The van der Waals surface area contributed by atoms with Gasteiger partial charge in [-0.2, -0.15) is 5.06 Å². The number of thiophene rings is 1. The second-order valence-electron chi connectivity index (χ2n) is 9.33. The van der Waals surface area contributed by atoms with Crippen LogP contribution in [0.3, 0.4) is 0 Å². The van der Waals surface area contributed by atoms with Crippen LogP contribution in [0.15, 0.2) is 41.5 Å². The van der Waals surface area contributed by atoms with Crippen molar-refractivity contribution in [3.8, 4) is 0 Å². The predicted molar refractivity (Wildman–Crippen MR) is 131 cm³/mol. The fraction of sp³-hybridized carbons (Fsp3) is 0.400. The zero-order valence-corrected chi connectivity index (χ0v) is 20.2. The van der Waals surface area contributed by atoms with Crippen LogP contribution in [0.5, 0.6) is 0 Å². The smallest absolute Gasteiger partial charge is 0.260 e. The van der Waals surface area contributed by atoms with Gasteiger partial charge in [-0.15, -0.1) is 11.3 Å². The summed E-state index contributed by atoms with van der Waals surface area (Å²) in [4.78, 5) is 16.2. The molecule has 2 aromatic rings. The summed E-state index contributed by atoms with van der Waals surface area (Å²) < 4.78 is 19.8. The van der Waals surface area contributed by atoms with Gasteiger partial charge in [-0.3, -0.25) is 9.69 Å². The number of nitrogens with zero attached hydrogens (tertiary/aromatic N) is 2. The first kappa shape index (κ1) is 23.2. The van der Waals surface area contributed by atoms with Crippen molar-refractivity contribution in [1.29, 1.82) is 0 Å². The molecule has 7 nitrogen and oxygen atoms in total. The van der Waals surface area contributed by atoms with Crippen molar-refractivity contribution in [2.75, 3.05) is 44.6 Å². The summed E-state index contributed by atoms with van der Waals surface area (Å²) in [6.45, 7) is 9.80. The lowest BCUT2D eigenvalue weighted by Gasteiger charge is -2.30. The van der Waals surface area contributed by atoms with Crippen molar-refractivity contribution in [2.45, 2.75) is 26.0 Å². The Bertz CT molecular complexity index is 1160. The number of hydroxylamine groups is 2. The number of carbonyl (C=O) groups excluding carboxylic acids is 1. The Hall–Kier alpha value is -2.56. The first-order valence-corrected chi connectivity index (χ1v) is 12.4. The predicted octanol–water partition coefficient (Wildman–Crippen LogP) is 3.54. The first-order valence-electron chi connectivity index (χ1n) is 11.5. The Labute approximate surface area is 202 Å². The number of halogens is 1. The molecular weight excluding hydrogens is 455 g/mol. The van der Waals surface area contributed by atoms with E-state index in [1.54, 1.807) is 17.4 Å². The van der Waals surface area contributed by atoms with Crippen LogP contribution in [0.25, 0.3) is 11.1 Å². The van der Waals surface area contributed by atoms with E-state index < -0.39 is 5.60 Å². The van der Waals surface area contributed by atoms with Gasteiger partial charge < -0.3 is 20.6 Å². The molecule has 3 N–H and O–H groups in total. The maximum atomic E-state index is 13.6. The summed E-state index contributed by atoms with van der Waals surface area (Å²) in [6.07, 6.45) is 1.94. The van der Waals surface area contributed by atoms with Gasteiger partial charge in [-0.25, -0.2) is 4.39 Å². The molecule has 0 spiro atoms. The number of ether oxygens (including phenoxy) is 1. The zero-order chi connectivity index (χ0) is 23.9. The van der Waals surface area contributed by atoms with Gasteiger partial charge in [0, 0.05) is 61.8 Å². The fourth-order valence-corrected chi connectivity index (χ4v) is 5.49. The molecule has 0 saturated carbocycles. The topological polar surface area (TPSA) is 77.1 Å². The number of piperazine rings is 1. The van der Waals surface area contributed by atoms with Gasteiger partial charge >= 0.3 is 0 Å². The van der Waals surface area contributed by atoms with Gasteiger partial charge in [0.15, 0.2) is 0 Å². The number of nitrogens with one attached hydrogen (secondary N) is 2. The Morgan fingerprint density at radius 3 is 2.82 bits per heavy atom. The highest BCUT2D eigenvalue weighted by molar-refractivity contribution is 7.10. The van der Waals surface area contributed by atoms with Crippen molar-refractivity contribution >= 4 is 34.1 Å². The van der Waals surface area contributed by atoms with E-state index >= 15 is 0 Å². The lowest BCUT2D eigenvalue weighted by atomic mass is 9.94. The molecule has 4 heterocycles. The molecule has 1 amide bonds. The van der Waals surface area contributed by atoms with Crippen LogP contribution in [0.1, 0.15) is 29.9 Å². The van der Waals surface area contributed by atoms with Crippen molar-refractivity contribution in [3.05, 3.63) is 63.3 Å². The lowest BCUT2D eigenvalue weighted by Crippen LogP contribution is -2.46. The van der Waals surface area contributed by atoms with Crippen LogP contribution in [-0.4, -0.2) is 65.9 Å². The average molecular weight is 485 g/mol. The second-order valence-corrected chi connectivity index (χ2v) is 10.3. The standard InChI is InChI=1S/C25H29FN4O3S/c1-25(2)20(13-22(33-25)23-19-4-3-17(26)12-21(19)28-24(23)31)16-11-18(34-15-16)14-27-5-6-29-7-9-30(32)10-8-29/h3-4,11-13,15,27,32H,5-10,14H2,1-2H3,(H,28,31)/b23-22+. The molecular formula is C25H29FN4O3S. The third-order valence-corrected chi connectivity index (χ3v) is 7.42. The van der Waals surface area contributed by atoms with E-state index in [-0.39, 0.29) is 11.7 Å². The SMILES string of the molecule is CC1(C)O/C(=C2/C(=O)Nc3cc(F)ccc32)C=C1c1csc(CNCCN2CCN(O)CC2)c1. The first-order chi connectivity index (χ1) is 16.3. The third-order valence-electron chi connectivity index (χ3n) is 6.48. The number of amides is 1. The summed E-state index contributed by atoms with van der Waals surface area (Å²) in [5.74, 6) is -0.155. The quantitative estimate of drug-likeness (QED) is 0.430. The molecule has 0 radical (unpaired) electrons. The molecule has 9 heteroatoms. The van der Waals surface area contributed by atoms with E-state index in [1.165, 1.54) is 22.1 Å². The monoisotopic (exact) mass is 484 g/mol. The molecule has 1 saturated heterocycles. The third kappa shape index (κ3) is 4.67. The van der Waals surface area contributed by atoms with E-state index in [4.69, 9.17) is 4.74 Å². The molecule has 34 heavy (non-hydrogen) atoms. The Morgan fingerprint density at radius 1 is 1.24 bits per heavy atom. The summed E-state index contributed by atoms with van der Waals surface area (Å²) in [5.41, 5.74) is 3.08. The maximum Gasteiger partial charge on any atom is 0.260 e. The molecule has 0 bridgehead atoms. The molecule has 0 atom stereocenters. The van der Waals surface area contributed by atoms with Crippen LogP contribution in [-0.2, 0) is 16.1 Å². The largest absolute Gasteiger partial charge is 0.482 e. The normalized spacial score (nSPS) is 22.5. The van der Waals surface area contributed by atoms with Crippen LogP contribution in [0.2, 0.25) is 0 Å². The molecule has 1 fully saturated rings. The minimum atomic E-state index is -0.591. The van der Waals surface area contributed by atoms with Crippen molar-refractivity contribution in [3.63, 3.8) is 0 Å². The average Bonchev–Trinajstić information content (AvgIpc) is 3.46. The molecule has 3 aliphatic heterocycles. The molecule has 0 aliphatic carbocycles. The van der Waals surface area contributed by atoms with Crippen LogP contribution < -0.4 is 10.6 Å². The van der Waals surface area contributed by atoms with Gasteiger partial charge in [0.1, 0.15) is 17.2 Å². The van der Waals surface area contributed by atoms with Gasteiger partial charge in [0.2, 0.25) is 0 Å². The number of fused-ring (bicyclic) bond motifs is 1. The molecule has 0 unspecified atom stereocenters. The lowest BCUT2D eigenvalue weighted by molar-refractivity contribution is -0.117. The van der Waals surface area contributed by atoms with Gasteiger partial charge in [0.05, 0.1) is 11.3 Å². The van der Waals surface area contributed by atoms with Crippen molar-refractivity contribution in [1.82, 2.24) is 15.3 Å². The van der Waals surface area contributed by atoms with Crippen LogP contribution >= 0.6 is 11.3 Å². The molecule has 1 aromatic carbocycles. The van der Waals surface area contributed by atoms with Gasteiger partial charge in [-0.05, 0) is 55.1 Å². The number of hydrogen-bond donors (Lipinski definition) is 3. The number of anilines is 1. The Kier molecular flexibility index (Phi) is 6.30. The summed E-state index contributed by atoms with van der Waals surface area (Å²) >= 11 is 1.70. The minimum absolute atomic E-state index is 0.278. The molecule has 180 valence electrons. The number of hydrogen-bond acceptors (Lipinski definition) is 7. The summed E-state index contributed by atoms with van der Waals surface area (Å²) in [5, 5.41) is 19.2. The number of rotatable bonds is 6. The Balaban J connectivity index is 1.27. The van der Waals surface area contributed by atoms with E-state index in [9.17, 15) is 14.4 Å². The highest BCUT2D eigenvalue weighted by atomic mass is 32.1. The van der Waals surface area contributed by atoms with E-state index in [0.29, 0.717) is 35.7 Å². The Morgan fingerprint density at radius 2 is 2.03 bits per heavy atom. The number of allylic oxidation sites excluding steroid dienone is 1. The summed E-state index contributed by atoms with van der Waals surface area (Å²) in [6, 6.07) is 6.47. The van der Waals surface area contributed by atoms with Gasteiger partial charge in [-0.1, -0.05) is 0 Å². The highest BCUT2D eigenvalue weighted by Gasteiger charge is 2.38. The van der Waals surface area contributed by atoms with Crippen LogP contribution in [0.4, 0.5) is 10.1 Å². The minimum Gasteiger partial charge on any atom is -0.482 e. The number of benzene rings is 1. The fourth-order valence-electron chi connectivity index (χ4n) is 4.63. The van der Waals surface area contributed by atoms with Crippen molar-refractivity contribution < 1.29 is 19.1 Å². The molecule has 1 aromatic heterocycles. The van der Waals surface area contributed by atoms with E-state index in [1.807, 2.05) is 19.9 Å². The molecule has 5 rings (SSSR count).